The van der Waals surface area contributed by atoms with Crippen LogP contribution in [0.2, 0.25) is 0 Å². The maximum atomic E-state index is 12.7. The molecular formula is C25H30N8O4. The van der Waals surface area contributed by atoms with Gasteiger partial charge in [-0.15, -0.1) is 0 Å². The van der Waals surface area contributed by atoms with Crippen LogP contribution in [0.15, 0.2) is 42.9 Å². The van der Waals surface area contributed by atoms with E-state index in [1.807, 2.05) is 25.1 Å². The van der Waals surface area contributed by atoms with Crippen molar-refractivity contribution < 1.29 is 19.0 Å². The number of methoxy groups -OCH3 is 2. The van der Waals surface area contributed by atoms with Crippen molar-refractivity contribution in [3.8, 4) is 23.0 Å². The molecule has 1 aromatic carbocycles. The first-order chi connectivity index (χ1) is 17.9. The highest BCUT2D eigenvalue weighted by Gasteiger charge is 2.18. The van der Waals surface area contributed by atoms with Gasteiger partial charge < -0.3 is 24.8 Å². The molecule has 0 unspecified atom stereocenters. The summed E-state index contributed by atoms with van der Waals surface area (Å²) in [7, 11) is 6.78. The Kier molecular flexibility index (Phi) is 7.98. The van der Waals surface area contributed by atoms with Crippen LogP contribution >= 0.6 is 0 Å². The third-order valence-corrected chi connectivity index (χ3v) is 5.48. The van der Waals surface area contributed by atoms with Crippen LogP contribution in [0.3, 0.4) is 0 Å². The van der Waals surface area contributed by atoms with E-state index in [0.717, 1.165) is 5.56 Å². The first-order valence-corrected chi connectivity index (χ1v) is 11.7. The van der Waals surface area contributed by atoms with Crippen LogP contribution in [0, 0.1) is 0 Å². The van der Waals surface area contributed by atoms with Gasteiger partial charge in [-0.05, 0) is 12.1 Å². The van der Waals surface area contributed by atoms with Gasteiger partial charge in [-0.25, -0.2) is 14.6 Å². The van der Waals surface area contributed by atoms with E-state index in [0.29, 0.717) is 65.7 Å². The monoisotopic (exact) mass is 506 g/mol. The van der Waals surface area contributed by atoms with Crippen molar-refractivity contribution in [1.29, 1.82) is 0 Å². The summed E-state index contributed by atoms with van der Waals surface area (Å²) in [6.07, 6.45) is 3.51. The van der Waals surface area contributed by atoms with Crippen molar-refractivity contribution in [2.24, 2.45) is 14.1 Å². The molecule has 0 aliphatic heterocycles. The largest absolute Gasteiger partial charge is 0.494 e. The Balaban J connectivity index is 1.65. The Morgan fingerprint density at radius 3 is 2.54 bits per heavy atom. The number of anilines is 4. The molecule has 0 amide bonds. The zero-order valence-corrected chi connectivity index (χ0v) is 21.5. The number of para-hydroxylation sites is 1. The fraction of sp³-hybridized carbons (Fsp3) is 0.320. The first-order valence-electron chi connectivity index (χ1n) is 11.7. The normalized spacial score (nSPS) is 10.8. The highest BCUT2D eigenvalue weighted by molar-refractivity contribution is 6.02. The summed E-state index contributed by atoms with van der Waals surface area (Å²) >= 11 is 0. The summed E-state index contributed by atoms with van der Waals surface area (Å²) < 4.78 is 19.7. The summed E-state index contributed by atoms with van der Waals surface area (Å²) in [4.78, 5) is 21.5. The van der Waals surface area contributed by atoms with Crippen LogP contribution in [0.25, 0.3) is 11.4 Å². The van der Waals surface area contributed by atoms with Gasteiger partial charge in [-0.2, -0.15) is 10.2 Å². The van der Waals surface area contributed by atoms with Gasteiger partial charge in [0.25, 0.3) is 0 Å². The molecule has 0 atom stereocenters. The van der Waals surface area contributed by atoms with Gasteiger partial charge in [0.05, 0.1) is 36.2 Å². The molecule has 4 rings (SSSR count). The molecule has 37 heavy (non-hydrogen) atoms. The van der Waals surface area contributed by atoms with Gasteiger partial charge in [-0.3, -0.25) is 9.48 Å². The Hall–Kier alpha value is -4.45. The second-order valence-electron chi connectivity index (χ2n) is 8.10. The van der Waals surface area contributed by atoms with Crippen molar-refractivity contribution in [2.75, 3.05) is 38.1 Å². The summed E-state index contributed by atoms with van der Waals surface area (Å²) in [5.41, 5.74) is 2.40. The van der Waals surface area contributed by atoms with Crippen molar-refractivity contribution in [2.45, 2.75) is 13.3 Å². The zero-order valence-electron chi connectivity index (χ0n) is 21.5. The highest BCUT2D eigenvalue weighted by Crippen LogP contribution is 2.37. The molecule has 0 aliphatic carbocycles. The SMILES string of the molecule is CCC(=O)c1cnc(Nc2cc(OCCOC)n(C)n2)cc1Nc1cccc(-c2ncn(C)n2)c1OC. The number of nitrogens with zero attached hydrogens (tertiary/aromatic N) is 6. The average molecular weight is 507 g/mol. The fourth-order valence-corrected chi connectivity index (χ4v) is 3.69. The Bertz CT molecular complexity index is 1380. The molecule has 0 aliphatic rings. The predicted molar refractivity (Wildman–Crippen MR) is 139 cm³/mol. The van der Waals surface area contributed by atoms with Crippen molar-refractivity contribution >= 4 is 28.8 Å². The standard InChI is InChI=1S/C25H30N8O4/c1-6-20(34)17-14-26-21(29-22-13-23(33(3)30-22)37-11-10-35-4)12-19(17)28-18-9-7-8-16(24(18)36-5)25-27-15-32(2)31-25/h7-9,12-15H,6,10-11H2,1-5H3,(H2,26,28,29,30). The molecule has 0 bridgehead atoms. The number of ketones is 1. The van der Waals surface area contributed by atoms with E-state index in [-0.39, 0.29) is 5.78 Å². The van der Waals surface area contributed by atoms with Crippen molar-refractivity contribution in [3.63, 3.8) is 0 Å². The number of nitrogens with one attached hydrogen (secondary N) is 2. The molecular weight excluding hydrogens is 476 g/mol. The molecule has 2 N–H and O–H groups in total. The number of benzene rings is 1. The summed E-state index contributed by atoms with van der Waals surface area (Å²) in [6.45, 7) is 2.69. The minimum absolute atomic E-state index is 0.0465. The summed E-state index contributed by atoms with van der Waals surface area (Å²) in [5, 5.41) is 15.3. The zero-order chi connectivity index (χ0) is 26.4. The number of hydrogen-bond donors (Lipinski definition) is 2. The number of carbonyl (C=O) groups is 1. The van der Waals surface area contributed by atoms with Gasteiger partial charge in [0, 0.05) is 46.0 Å². The Morgan fingerprint density at radius 1 is 1.00 bits per heavy atom. The number of aryl methyl sites for hydroxylation is 2. The summed E-state index contributed by atoms with van der Waals surface area (Å²) in [6, 6.07) is 9.14. The fourth-order valence-electron chi connectivity index (χ4n) is 3.69. The lowest BCUT2D eigenvalue weighted by molar-refractivity contribution is 0.0988. The lowest BCUT2D eigenvalue weighted by Gasteiger charge is -2.16. The van der Waals surface area contributed by atoms with Crippen LogP contribution in [-0.4, -0.2) is 62.7 Å². The number of ether oxygens (including phenoxy) is 3. The molecule has 4 aromatic rings. The second kappa shape index (κ2) is 11.5. The molecule has 3 heterocycles. The molecule has 0 saturated carbocycles. The average Bonchev–Trinajstić information content (AvgIpc) is 3.48. The number of aromatic nitrogens is 6. The summed E-state index contributed by atoms with van der Waals surface area (Å²) in [5.74, 6) is 2.66. The van der Waals surface area contributed by atoms with Crippen molar-refractivity contribution in [3.05, 3.63) is 48.4 Å². The minimum atomic E-state index is -0.0465. The van der Waals surface area contributed by atoms with E-state index in [1.54, 1.807) is 62.3 Å². The van der Waals surface area contributed by atoms with Crippen LogP contribution in [-0.2, 0) is 18.8 Å². The molecule has 0 spiro atoms. The number of pyridine rings is 1. The lowest BCUT2D eigenvalue weighted by atomic mass is 10.1. The van der Waals surface area contributed by atoms with E-state index < -0.39 is 0 Å². The molecule has 194 valence electrons. The Labute approximate surface area is 214 Å². The van der Waals surface area contributed by atoms with E-state index in [2.05, 4.69) is 30.8 Å². The Morgan fingerprint density at radius 2 is 1.84 bits per heavy atom. The number of hydrogen-bond acceptors (Lipinski definition) is 10. The molecule has 12 heteroatoms. The first kappa shape index (κ1) is 25.6. The van der Waals surface area contributed by atoms with E-state index in [9.17, 15) is 4.79 Å². The molecule has 12 nitrogen and oxygen atoms in total. The van der Waals surface area contributed by atoms with Gasteiger partial charge in [0.2, 0.25) is 5.88 Å². The van der Waals surface area contributed by atoms with Crippen LogP contribution < -0.4 is 20.1 Å². The van der Waals surface area contributed by atoms with Crippen LogP contribution in [0.1, 0.15) is 23.7 Å². The van der Waals surface area contributed by atoms with E-state index >= 15 is 0 Å². The van der Waals surface area contributed by atoms with Gasteiger partial charge >= 0.3 is 0 Å². The maximum Gasteiger partial charge on any atom is 0.213 e. The van der Waals surface area contributed by atoms with E-state index in [4.69, 9.17) is 14.2 Å². The van der Waals surface area contributed by atoms with Gasteiger partial charge in [-0.1, -0.05) is 13.0 Å². The molecule has 0 fully saturated rings. The third kappa shape index (κ3) is 5.86. The second-order valence-corrected chi connectivity index (χ2v) is 8.10. The number of carbonyl (C=O) groups excluding carboxylic acids is 1. The number of Topliss-reactive ketones (excluding diaryl/α,β-unsaturated/α-hetero) is 1. The third-order valence-electron chi connectivity index (χ3n) is 5.48. The van der Waals surface area contributed by atoms with Crippen LogP contribution in [0.5, 0.6) is 11.6 Å². The van der Waals surface area contributed by atoms with Crippen LogP contribution in [0.4, 0.5) is 23.0 Å². The molecule has 0 saturated heterocycles. The van der Waals surface area contributed by atoms with Crippen molar-refractivity contribution in [1.82, 2.24) is 29.5 Å². The van der Waals surface area contributed by atoms with Gasteiger partial charge in [0.15, 0.2) is 23.2 Å². The lowest BCUT2D eigenvalue weighted by Crippen LogP contribution is -2.07. The smallest absolute Gasteiger partial charge is 0.213 e. The predicted octanol–water partition coefficient (Wildman–Crippen LogP) is 3.72. The maximum absolute atomic E-state index is 12.7. The van der Waals surface area contributed by atoms with E-state index in [1.165, 1.54) is 0 Å². The molecule has 3 aromatic heterocycles. The topological polar surface area (TPSA) is 130 Å². The van der Waals surface area contributed by atoms with Gasteiger partial charge in [0.1, 0.15) is 18.8 Å². The number of rotatable bonds is 12. The molecule has 0 radical (unpaired) electrons. The highest BCUT2D eigenvalue weighted by atomic mass is 16.5. The quantitative estimate of drug-likeness (QED) is 0.216. The minimum Gasteiger partial charge on any atom is -0.494 e.